The Morgan fingerprint density at radius 3 is 3.13 bits per heavy atom. The lowest BCUT2D eigenvalue weighted by atomic mass is 10.2. The average Bonchev–Trinajstić information content (AvgIpc) is 2.86. The van der Waals surface area contributed by atoms with Crippen molar-refractivity contribution in [3.63, 3.8) is 0 Å². The van der Waals surface area contributed by atoms with E-state index in [1.54, 1.807) is 0 Å². The molecular formula is C11H18N2S2. The molecule has 0 bridgehead atoms. The molecule has 1 aliphatic rings. The van der Waals surface area contributed by atoms with Gasteiger partial charge in [0.2, 0.25) is 0 Å². The van der Waals surface area contributed by atoms with Gasteiger partial charge in [0.05, 0.1) is 0 Å². The first kappa shape index (κ1) is 11.5. The van der Waals surface area contributed by atoms with Crippen LogP contribution in [0.2, 0.25) is 0 Å². The van der Waals surface area contributed by atoms with Gasteiger partial charge in [0, 0.05) is 35.8 Å². The van der Waals surface area contributed by atoms with Crippen molar-refractivity contribution in [3.8, 4) is 0 Å². The summed E-state index contributed by atoms with van der Waals surface area (Å²) in [5, 5.41) is 6.37. The second-order valence-electron chi connectivity index (χ2n) is 3.99. The van der Waals surface area contributed by atoms with E-state index < -0.39 is 0 Å². The molecule has 0 spiro atoms. The Morgan fingerprint density at radius 2 is 2.47 bits per heavy atom. The van der Waals surface area contributed by atoms with Crippen molar-refractivity contribution < 1.29 is 0 Å². The zero-order chi connectivity index (χ0) is 10.7. The minimum absolute atomic E-state index is 0.682. The predicted molar refractivity (Wildman–Crippen MR) is 69.7 cm³/mol. The number of likely N-dealkylation sites (N-methyl/N-ethyl adjacent to an activating group) is 1. The summed E-state index contributed by atoms with van der Waals surface area (Å²) < 4.78 is 0. The third-order valence-corrected chi connectivity index (χ3v) is 4.93. The van der Waals surface area contributed by atoms with Crippen molar-refractivity contribution in [1.29, 1.82) is 0 Å². The highest BCUT2D eigenvalue weighted by Gasteiger charge is 2.29. The lowest BCUT2D eigenvalue weighted by molar-refractivity contribution is 0.255. The molecule has 0 aliphatic carbocycles. The Morgan fingerprint density at radius 1 is 1.60 bits per heavy atom. The first-order valence-electron chi connectivity index (χ1n) is 5.27. The minimum Gasteiger partial charge on any atom is -0.314 e. The number of rotatable bonds is 4. The van der Waals surface area contributed by atoms with E-state index in [-0.39, 0.29) is 0 Å². The maximum Gasteiger partial charge on any atom is 0.0352 e. The van der Waals surface area contributed by atoms with Crippen molar-refractivity contribution in [2.45, 2.75) is 17.8 Å². The van der Waals surface area contributed by atoms with Crippen molar-refractivity contribution in [2.75, 3.05) is 26.4 Å². The summed E-state index contributed by atoms with van der Waals surface area (Å²) in [4.78, 5) is 3.94. The standard InChI is InChI=1S/C11H18N2S2/c1-13(8-9-4-3-5-15-9)10-6-12-7-11(10)14-2/h3-5,10-12H,6-8H2,1-2H3. The highest BCUT2D eigenvalue weighted by Crippen LogP contribution is 2.21. The molecule has 1 N–H and O–H groups in total. The highest BCUT2D eigenvalue weighted by atomic mass is 32.2. The van der Waals surface area contributed by atoms with E-state index in [1.165, 1.54) is 4.88 Å². The quantitative estimate of drug-likeness (QED) is 0.868. The van der Waals surface area contributed by atoms with Crippen molar-refractivity contribution in [3.05, 3.63) is 22.4 Å². The van der Waals surface area contributed by atoms with Crippen LogP contribution in [0.5, 0.6) is 0 Å². The molecule has 0 saturated carbocycles. The molecule has 2 nitrogen and oxygen atoms in total. The molecule has 0 radical (unpaired) electrons. The molecule has 15 heavy (non-hydrogen) atoms. The lowest BCUT2D eigenvalue weighted by Gasteiger charge is -2.27. The molecule has 2 rings (SSSR count). The maximum atomic E-state index is 3.47. The third kappa shape index (κ3) is 2.75. The van der Waals surface area contributed by atoms with Gasteiger partial charge in [-0.1, -0.05) is 6.07 Å². The summed E-state index contributed by atoms with van der Waals surface area (Å²) in [6, 6.07) is 5.03. The number of thioether (sulfide) groups is 1. The van der Waals surface area contributed by atoms with Gasteiger partial charge in [0.15, 0.2) is 0 Å². The number of hydrogen-bond acceptors (Lipinski definition) is 4. The molecule has 1 saturated heterocycles. The number of hydrogen-bond donors (Lipinski definition) is 1. The normalized spacial score (nSPS) is 26.3. The van der Waals surface area contributed by atoms with Crippen LogP contribution < -0.4 is 5.32 Å². The van der Waals surface area contributed by atoms with Gasteiger partial charge in [-0.2, -0.15) is 11.8 Å². The van der Waals surface area contributed by atoms with Crippen LogP contribution in [0.25, 0.3) is 0 Å². The molecule has 1 aromatic rings. The van der Waals surface area contributed by atoms with Crippen LogP contribution in [0, 0.1) is 0 Å². The van der Waals surface area contributed by atoms with E-state index in [9.17, 15) is 0 Å². The Labute approximate surface area is 100 Å². The Kier molecular flexibility index (Phi) is 4.08. The second-order valence-corrected chi connectivity index (χ2v) is 6.10. The Balaban J connectivity index is 1.92. The van der Waals surface area contributed by atoms with Crippen molar-refractivity contribution in [1.82, 2.24) is 10.2 Å². The molecule has 1 fully saturated rings. The number of nitrogens with zero attached hydrogens (tertiary/aromatic N) is 1. The summed E-state index contributed by atoms with van der Waals surface area (Å²) >= 11 is 3.83. The molecule has 2 atom stereocenters. The molecular weight excluding hydrogens is 224 g/mol. The van der Waals surface area contributed by atoms with Gasteiger partial charge in [-0.15, -0.1) is 11.3 Å². The topological polar surface area (TPSA) is 15.3 Å². The zero-order valence-corrected chi connectivity index (χ0v) is 10.9. The van der Waals surface area contributed by atoms with Gasteiger partial charge in [0.25, 0.3) is 0 Å². The van der Waals surface area contributed by atoms with Crippen LogP contribution >= 0.6 is 23.1 Å². The van der Waals surface area contributed by atoms with Crippen LogP contribution in [0.15, 0.2) is 17.5 Å². The Bertz CT molecular complexity index is 287. The summed E-state index contributed by atoms with van der Waals surface area (Å²) in [7, 11) is 2.24. The largest absolute Gasteiger partial charge is 0.314 e. The van der Waals surface area contributed by atoms with E-state index in [0.717, 1.165) is 24.9 Å². The van der Waals surface area contributed by atoms with Crippen LogP contribution in [-0.2, 0) is 6.54 Å². The molecule has 2 heterocycles. The first-order chi connectivity index (χ1) is 7.31. The fourth-order valence-electron chi connectivity index (χ4n) is 2.09. The number of nitrogens with one attached hydrogen (secondary N) is 1. The van der Waals surface area contributed by atoms with E-state index in [2.05, 4.69) is 41.0 Å². The third-order valence-electron chi connectivity index (χ3n) is 2.98. The summed E-state index contributed by atoms with van der Waals surface area (Å²) in [6.07, 6.45) is 2.21. The van der Waals surface area contributed by atoms with E-state index in [0.29, 0.717) is 6.04 Å². The first-order valence-corrected chi connectivity index (χ1v) is 7.44. The molecule has 1 aromatic heterocycles. The lowest BCUT2D eigenvalue weighted by Crippen LogP contribution is -2.38. The van der Waals surface area contributed by atoms with E-state index >= 15 is 0 Å². The van der Waals surface area contributed by atoms with Gasteiger partial charge >= 0.3 is 0 Å². The SMILES string of the molecule is CSC1CNCC1N(C)Cc1cccs1. The number of thiophene rings is 1. The average molecular weight is 242 g/mol. The molecule has 4 heteroatoms. The van der Waals surface area contributed by atoms with Crippen LogP contribution in [-0.4, -0.2) is 42.6 Å². The minimum atomic E-state index is 0.682. The van der Waals surface area contributed by atoms with Gasteiger partial charge in [-0.25, -0.2) is 0 Å². The molecule has 1 aliphatic heterocycles. The van der Waals surface area contributed by atoms with Crippen LogP contribution in [0.3, 0.4) is 0 Å². The van der Waals surface area contributed by atoms with Gasteiger partial charge in [-0.3, -0.25) is 4.90 Å². The second kappa shape index (κ2) is 5.34. The smallest absolute Gasteiger partial charge is 0.0352 e. The summed E-state index contributed by atoms with van der Waals surface area (Å²) in [6.45, 7) is 3.37. The zero-order valence-electron chi connectivity index (χ0n) is 9.27. The van der Waals surface area contributed by atoms with Crippen LogP contribution in [0.1, 0.15) is 4.88 Å². The summed E-state index contributed by atoms with van der Waals surface area (Å²) in [5.41, 5.74) is 0. The maximum absolute atomic E-state index is 3.47. The monoisotopic (exact) mass is 242 g/mol. The predicted octanol–water partition coefficient (Wildman–Crippen LogP) is 1.88. The van der Waals surface area contributed by atoms with Gasteiger partial charge in [0.1, 0.15) is 0 Å². The summed E-state index contributed by atoms with van der Waals surface area (Å²) in [5.74, 6) is 0. The Hall–Kier alpha value is -0.0300. The molecule has 2 unspecified atom stereocenters. The highest BCUT2D eigenvalue weighted by molar-refractivity contribution is 7.99. The molecule has 0 aromatic carbocycles. The molecule has 0 amide bonds. The van der Waals surface area contributed by atoms with Crippen LogP contribution in [0.4, 0.5) is 0 Å². The molecule has 84 valence electrons. The van der Waals surface area contributed by atoms with E-state index in [4.69, 9.17) is 0 Å². The van der Waals surface area contributed by atoms with Gasteiger partial charge < -0.3 is 5.32 Å². The fraction of sp³-hybridized carbons (Fsp3) is 0.636. The van der Waals surface area contributed by atoms with Crippen molar-refractivity contribution in [2.24, 2.45) is 0 Å². The van der Waals surface area contributed by atoms with E-state index in [1.807, 2.05) is 23.1 Å². The van der Waals surface area contributed by atoms with Crippen molar-refractivity contribution >= 4 is 23.1 Å². The fourth-order valence-corrected chi connectivity index (χ4v) is 3.76. The van der Waals surface area contributed by atoms with Gasteiger partial charge in [-0.05, 0) is 24.7 Å².